The predicted octanol–water partition coefficient (Wildman–Crippen LogP) is 3.16. The van der Waals surface area contributed by atoms with Crippen LogP contribution in [0.3, 0.4) is 0 Å². The quantitative estimate of drug-likeness (QED) is 0.422. The number of fused-ring (bicyclic) bond motifs is 2. The van der Waals surface area contributed by atoms with Gasteiger partial charge in [-0.25, -0.2) is 0 Å². The zero-order chi connectivity index (χ0) is 14.1. The molecular formula is C16H15N2OS+. The number of methoxy groups -OCH3 is 1. The van der Waals surface area contributed by atoms with Crippen molar-refractivity contribution in [2.24, 2.45) is 7.05 Å². The average molecular weight is 283 g/mol. The Labute approximate surface area is 122 Å². The average Bonchev–Trinajstić information content (AvgIpc) is 2.51. The van der Waals surface area contributed by atoms with Crippen LogP contribution in [0.2, 0.25) is 0 Å². The molecule has 1 aromatic heterocycles. The Bertz CT molecular complexity index is 757. The third-order valence-electron chi connectivity index (χ3n) is 3.48. The van der Waals surface area contributed by atoms with Crippen molar-refractivity contribution in [2.45, 2.75) is 0 Å². The van der Waals surface area contributed by atoms with Gasteiger partial charge in [0, 0.05) is 12.1 Å². The number of pyridine rings is 1. The van der Waals surface area contributed by atoms with Gasteiger partial charge in [-0.3, -0.25) is 0 Å². The SMILES string of the molecule is COC(=S)Nc1c2ccccc2[n+](C)c2ccccc12. The normalized spacial score (nSPS) is 10.7. The van der Waals surface area contributed by atoms with E-state index in [1.807, 2.05) is 24.3 Å². The van der Waals surface area contributed by atoms with Crippen molar-refractivity contribution < 1.29 is 9.30 Å². The topological polar surface area (TPSA) is 25.1 Å². The lowest BCUT2D eigenvalue weighted by Gasteiger charge is -2.12. The fraction of sp³-hybridized carbons (Fsp3) is 0.125. The first-order chi connectivity index (χ1) is 9.72. The number of para-hydroxylation sites is 2. The van der Waals surface area contributed by atoms with E-state index in [-0.39, 0.29) is 0 Å². The number of hydrogen-bond acceptors (Lipinski definition) is 2. The molecule has 0 saturated heterocycles. The molecule has 0 saturated carbocycles. The lowest BCUT2D eigenvalue weighted by atomic mass is 10.1. The molecule has 20 heavy (non-hydrogen) atoms. The van der Waals surface area contributed by atoms with Crippen molar-refractivity contribution >= 4 is 44.9 Å². The van der Waals surface area contributed by atoms with E-state index in [1.165, 1.54) is 0 Å². The van der Waals surface area contributed by atoms with Crippen LogP contribution in [0.15, 0.2) is 48.5 Å². The Morgan fingerprint density at radius 2 is 1.50 bits per heavy atom. The van der Waals surface area contributed by atoms with E-state index in [0.29, 0.717) is 5.17 Å². The monoisotopic (exact) mass is 283 g/mol. The highest BCUT2D eigenvalue weighted by atomic mass is 32.1. The molecular weight excluding hydrogens is 268 g/mol. The zero-order valence-corrected chi connectivity index (χ0v) is 12.2. The zero-order valence-electron chi connectivity index (χ0n) is 11.4. The van der Waals surface area contributed by atoms with Crippen LogP contribution in [0.25, 0.3) is 21.8 Å². The second-order valence-corrected chi connectivity index (χ2v) is 4.96. The largest absolute Gasteiger partial charge is 0.474 e. The van der Waals surface area contributed by atoms with Crippen LogP contribution in [0, 0.1) is 0 Å². The summed E-state index contributed by atoms with van der Waals surface area (Å²) in [6, 6.07) is 16.5. The van der Waals surface area contributed by atoms with E-state index < -0.39 is 0 Å². The lowest BCUT2D eigenvalue weighted by Crippen LogP contribution is -2.30. The van der Waals surface area contributed by atoms with Gasteiger partial charge in [-0.05, 0) is 24.4 Å². The predicted molar refractivity (Wildman–Crippen MR) is 85.9 cm³/mol. The van der Waals surface area contributed by atoms with E-state index in [1.54, 1.807) is 7.11 Å². The Hall–Kier alpha value is -2.20. The molecule has 0 bridgehead atoms. The van der Waals surface area contributed by atoms with Crippen LogP contribution in [0.1, 0.15) is 0 Å². The molecule has 0 amide bonds. The van der Waals surface area contributed by atoms with E-state index in [4.69, 9.17) is 17.0 Å². The second kappa shape index (κ2) is 5.06. The lowest BCUT2D eigenvalue weighted by molar-refractivity contribution is -0.617. The molecule has 4 heteroatoms. The third-order valence-corrected chi connectivity index (χ3v) is 3.75. The number of aromatic nitrogens is 1. The highest BCUT2D eigenvalue weighted by Crippen LogP contribution is 2.29. The maximum Gasteiger partial charge on any atom is 0.260 e. The van der Waals surface area contributed by atoms with Gasteiger partial charge < -0.3 is 10.1 Å². The summed E-state index contributed by atoms with van der Waals surface area (Å²) in [5, 5.41) is 5.81. The molecule has 3 nitrogen and oxygen atoms in total. The third kappa shape index (κ3) is 1.98. The van der Waals surface area contributed by atoms with Gasteiger partial charge in [0.2, 0.25) is 11.0 Å². The Morgan fingerprint density at radius 1 is 1.00 bits per heavy atom. The number of anilines is 1. The van der Waals surface area contributed by atoms with Crippen molar-refractivity contribution in [3.05, 3.63) is 48.5 Å². The summed E-state index contributed by atoms with van der Waals surface area (Å²) < 4.78 is 7.28. The summed E-state index contributed by atoms with van der Waals surface area (Å²) >= 11 is 5.16. The highest BCUT2D eigenvalue weighted by molar-refractivity contribution is 7.80. The fourth-order valence-corrected chi connectivity index (χ4v) is 2.62. The van der Waals surface area contributed by atoms with Gasteiger partial charge in [-0.15, -0.1) is 0 Å². The minimum absolute atomic E-state index is 0.370. The molecule has 0 spiro atoms. The molecule has 0 aliphatic rings. The van der Waals surface area contributed by atoms with Crippen LogP contribution in [-0.2, 0) is 11.8 Å². The maximum atomic E-state index is 5.16. The van der Waals surface area contributed by atoms with Gasteiger partial charge in [0.25, 0.3) is 5.17 Å². The van der Waals surface area contributed by atoms with Crippen molar-refractivity contribution in [3.8, 4) is 0 Å². The molecule has 1 heterocycles. The van der Waals surface area contributed by atoms with Crippen LogP contribution >= 0.6 is 12.2 Å². The van der Waals surface area contributed by atoms with Gasteiger partial charge in [0.05, 0.1) is 23.6 Å². The van der Waals surface area contributed by atoms with E-state index in [9.17, 15) is 0 Å². The Kier molecular flexibility index (Phi) is 3.24. The Balaban J connectivity index is 2.43. The Morgan fingerprint density at radius 3 is 2.00 bits per heavy atom. The first-order valence-electron chi connectivity index (χ1n) is 6.37. The fourth-order valence-electron chi connectivity index (χ4n) is 2.52. The molecule has 0 atom stereocenters. The summed E-state index contributed by atoms with van der Waals surface area (Å²) in [6.07, 6.45) is 0. The number of benzene rings is 2. The van der Waals surface area contributed by atoms with Gasteiger partial charge in [-0.2, -0.15) is 4.57 Å². The number of nitrogens with zero attached hydrogens (tertiary/aromatic N) is 1. The maximum absolute atomic E-state index is 5.16. The first-order valence-corrected chi connectivity index (χ1v) is 6.77. The van der Waals surface area contributed by atoms with Crippen molar-refractivity contribution in [2.75, 3.05) is 12.4 Å². The van der Waals surface area contributed by atoms with Crippen LogP contribution < -0.4 is 9.88 Å². The molecule has 0 unspecified atom stereocenters. The van der Waals surface area contributed by atoms with Gasteiger partial charge in [0.15, 0.2) is 0 Å². The molecule has 3 aromatic rings. The summed E-state index contributed by atoms with van der Waals surface area (Å²) in [7, 11) is 3.64. The molecule has 0 aliphatic carbocycles. The first kappa shape index (κ1) is 12.8. The van der Waals surface area contributed by atoms with Crippen molar-refractivity contribution in [1.29, 1.82) is 0 Å². The van der Waals surface area contributed by atoms with Crippen LogP contribution in [-0.4, -0.2) is 12.3 Å². The minimum Gasteiger partial charge on any atom is -0.474 e. The minimum atomic E-state index is 0.370. The molecule has 2 aromatic carbocycles. The second-order valence-electron chi connectivity index (χ2n) is 4.58. The van der Waals surface area contributed by atoms with Crippen LogP contribution in [0.5, 0.6) is 0 Å². The smallest absolute Gasteiger partial charge is 0.260 e. The molecule has 3 rings (SSSR count). The standard InChI is InChI=1S/C16H14N2OS/c1-18-13-9-5-3-7-11(13)15(17-16(20)19-2)12-8-4-6-10-14(12)18/h3-10H,1-2H3/p+1. The van der Waals surface area contributed by atoms with Crippen LogP contribution in [0.4, 0.5) is 5.69 Å². The van der Waals surface area contributed by atoms with Gasteiger partial charge in [0.1, 0.15) is 7.05 Å². The molecule has 1 N–H and O–H groups in total. The van der Waals surface area contributed by atoms with Gasteiger partial charge in [-0.1, -0.05) is 24.3 Å². The van der Waals surface area contributed by atoms with Crippen molar-refractivity contribution in [3.63, 3.8) is 0 Å². The highest BCUT2D eigenvalue weighted by Gasteiger charge is 2.17. The molecule has 0 aliphatic heterocycles. The number of thiocarbonyl (C=S) groups is 1. The summed E-state index contributed by atoms with van der Waals surface area (Å²) in [4.78, 5) is 0. The number of ether oxygens (including phenoxy) is 1. The molecule has 0 radical (unpaired) electrons. The van der Waals surface area contributed by atoms with E-state index in [2.05, 4.69) is 41.2 Å². The number of rotatable bonds is 1. The van der Waals surface area contributed by atoms with E-state index in [0.717, 1.165) is 27.5 Å². The summed E-state index contributed by atoms with van der Waals surface area (Å²) in [6.45, 7) is 0. The number of aryl methyl sites for hydroxylation is 1. The van der Waals surface area contributed by atoms with E-state index >= 15 is 0 Å². The molecule has 100 valence electrons. The molecule has 0 fully saturated rings. The number of nitrogens with one attached hydrogen (secondary N) is 1. The summed E-state index contributed by atoms with van der Waals surface area (Å²) in [5.74, 6) is 0. The number of hydrogen-bond donors (Lipinski definition) is 1. The van der Waals surface area contributed by atoms with Gasteiger partial charge >= 0.3 is 0 Å². The summed E-state index contributed by atoms with van der Waals surface area (Å²) in [5.41, 5.74) is 3.28. The van der Waals surface area contributed by atoms with Crippen molar-refractivity contribution in [1.82, 2.24) is 0 Å².